The lowest BCUT2D eigenvalue weighted by Crippen LogP contribution is -2.67. The summed E-state index contributed by atoms with van der Waals surface area (Å²) in [7, 11) is 0. The van der Waals surface area contributed by atoms with E-state index in [4.69, 9.17) is 0 Å². The zero-order valence-electron chi connectivity index (χ0n) is 29.1. The molecule has 0 saturated carbocycles. The maximum atomic E-state index is 14.8. The summed E-state index contributed by atoms with van der Waals surface area (Å²) in [5.74, 6) is -0.618. The minimum atomic E-state index is -0.869. The number of nitrogens with one attached hydrogen (secondary N) is 4. The molecule has 10 nitrogen and oxygen atoms in total. The number of aryl methyl sites for hydroxylation is 2. The highest BCUT2D eigenvalue weighted by atomic mass is 16.2. The number of carbonyl (C=O) groups excluding carboxylic acids is 4. The number of rotatable bonds is 5. The molecule has 4 aromatic rings. The van der Waals surface area contributed by atoms with Gasteiger partial charge in [-0.3, -0.25) is 19.2 Å². The highest BCUT2D eigenvalue weighted by molar-refractivity contribution is 6.01. The van der Waals surface area contributed by atoms with Crippen molar-refractivity contribution in [1.29, 1.82) is 0 Å². The van der Waals surface area contributed by atoms with Crippen molar-refractivity contribution in [2.45, 2.75) is 86.9 Å². The molecular formula is C42H40N6O4. The highest BCUT2D eigenvalue weighted by Crippen LogP contribution is 2.68. The number of nitrogens with zero attached hydrogens (tertiary/aromatic N) is 2. The van der Waals surface area contributed by atoms with Crippen molar-refractivity contribution in [3.63, 3.8) is 0 Å². The van der Waals surface area contributed by atoms with E-state index in [9.17, 15) is 19.2 Å². The van der Waals surface area contributed by atoms with Crippen molar-refractivity contribution < 1.29 is 19.2 Å². The zero-order valence-corrected chi connectivity index (χ0v) is 29.1. The van der Waals surface area contributed by atoms with Gasteiger partial charge in [0, 0.05) is 24.2 Å². The summed E-state index contributed by atoms with van der Waals surface area (Å²) < 4.78 is 0. The molecule has 4 N–H and O–H groups in total. The summed E-state index contributed by atoms with van der Waals surface area (Å²) in [6, 6.07) is 29.2. The van der Waals surface area contributed by atoms with Crippen LogP contribution in [0.15, 0.2) is 97.1 Å². The van der Waals surface area contributed by atoms with Gasteiger partial charge in [-0.25, -0.2) is 0 Å². The number of fused-ring (bicyclic) bond motifs is 11. The fraction of sp³-hybridized carbons (Fsp3) is 0.333. The Bertz CT molecular complexity index is 2070. The number of carbonyl (C=O) groups is 4. The molecule has 4 aromatic carbocycles. The van der Waals surface area contributed by atoms with E-state index in [0.717, 1.165) is 44.8 Å². The van der Waals surface area contributed by atoms with Gasteiger partial charge >= 0.3 is 0 Å². The van der Waals surface area contributed by atoms with Crippen molar-refractivity contribution >= 4 is 35.0 Å². The Morgan fingerprint density at radius 3 is 1.35 bits per heavy atom. The Morgan fingerprint density at radius 2 is 0.923 bits per heavy atom. The Balaban J connectivity index is 1.12. The smallest absolute Gasteiger partial charge is 0.247 e. The second-order valence-electron chi connectivity index (χ2n) is 15.4. The first-order valence-corrected chi connectivity index (χ1v) is 18.3. The van der Waals surface area contributed by atoms with Crippen LogP contribution in [-0.4, -0.2) is 69.9 Å². The third-order valence-electron chi connectivity index (χ3n) is 13.1. The number of amides is 4. The minimum absolute atomic E-state index is 0.130. The van der Waals surface area contributed by atoms with E-state index < -0.39 is 47.3 Å². The Labute approximate surface area is 302 Å². The van der Waals surface area contributed by atoms with Crippen LogP contribution in [0, 0.1) is 13.8 Å². The van der Waals surface area contributed by atoms with Gasteiger partial charge in [0.1, 0.15) is 36.5 Å². The van der Waals surface area contributed by atoms with Gasteiger partial charge in [0.05, 0.1) is 10.8 Å². The van der Waals surface area contributed by atoms with Crippen LogP contribution in [0.5, 0.6) is 0 Å². The van der Waals surface area contributed by atoms with E-state index in [0.29, 0.717) is 25.7 Å². The van der Waals surface area contributed by atoms with Crippen molar-refractivity contribution in [2.75, 3.05) is 10.6 Å². The molecule has 262 valence electrons. The molecule has 4 amide bonds. The normalized spacial score (nSPS) is 32.1. The minimum Gasteiger partial charge on any atom is -0.364 e. The molecule has 6 aliphatic rings. The van der Waals surface area contributed by atoms with Gasteiger partial charge in [-0.2, -0.15) is 0 Å². The van der Waals surface area contributed by atoms with Crippen LogP contribution in [0.4, 0.5) is 11.4 Å². The topological polar surface area (TPSA) is 123 Å². The monoisotopic (exact) mass is 692 g/mol. The Kier molecular flexibility index (Phi) is 6.54. The van der Waals surface area contributed by atoms with E-state index in [1.165, 1.54) is 0 Å². The molecular weight excluding hydrogens is 652 g/mol. The highest BCUT2D eigenvalue weighted by Gasteiger charge is 2.78. The van der Waals surface area contributed by atoms with Crippen molar-refractivity contribution in [1.82, 2.24) is 20.4 Å². The molecule has 8 atom stereocenters. The van der Waals surface area contributed by atoms with Crippen molar-refractivity contribution in [2.24, 2.45) is 0 Å². The summed E-state index contributed by atoms with van der Waals surface area (Å²) in [5.41, 5.74) is 6.21. The van der Waals surface area contributed by atoms with E-state index in [1.807, 2.05) is 98.8 Å². The first kappa shape index (κ1) is 31.1. The van der Waals surface area contributed by atoms with E-state index in [2.05, 4.69) is 33.4 Å². The molecule has 0 spiro atoms. The Morgan fingerprint density at radius 1 is 0.538 bits per heavy atom. The molecule has 0 radical (unpaired) electrons. The third kappa shape index (κ3) is 3.95. The largest absolute Gasteiger partial charge is 0.364 e. The van der Waals surface area contributed by atoms with Crippen molar-refractivity contribution in [3.8, 4) is 0 Å². The molecule has 6 aliphatic heterocycles. The van der Waals surface area contributed by atoms with Gasteiger partial charge in [0.25, 0.3) is 0 Å². The molecule has 4 fully saturated rings. The Hall–Kier alpha value is -5.64. The second kappa shape index (κ2) is 10.9. The summed E-state index contributed by atoms with van der Waals surface area (Å²) in [5, 5.41) is 13.7. The van der Waals surface area contributed by atoms with E-state index >= 15 is 0 Å². The van der Waals surface area contributed by atoms with Crippen LogP contribution < -0.4 is 21.3 Å². The second-order valence-corrected chi connectivity index (χ2v) is 15.4. The maximum Gasteiger partial charge on any atom is 0.247 e. The van der Waals surface area contributed by atoms with Gasteiger partial charge in [-0.15, -0.1) is 0 Å². The average molecular weight is 693 g/mol. The van der Waals surface area contributed by atoms with Gasteiger partial charge in [-0.1, -0.05) is 84.9 Å². The van der Waals surface area contributed by atoms with Crippen molar-refractivity contribution in [3.05, 3.63) is 130 Å². The number of hydrogen-bond acceptors (Lipinski definition) is 6. The van der Waals surface area contributed by atoms with Crippen LogP contribution in [0.3, 0.4) is 0 Å². The molecule has 0 bridgehead atoms. The zero-order chi connectivity index (χ0) is 35.5. The molecule has 4 saturated heterocycles. The number of piperazine rings is 2. The van der Waals surface area contributed by atoms with Gasteiger partial charge < -0.3 is 31.1 Å². The van der Waals surface area contributed by atoms with E-state index in [-0.39, 0.29) is 23.6 Å². The predicted octanol–water partition coefficient (Wildman–Crippen LogP) is 3.67. The quantitative estimate of drug-likeness (QED) is 0.253. The van der Waals surface area contributed by atoms with Crippen LogP contribution in [0.1, 0.15) is 46.2 Å². The number of anilines is 2. The van der Waals surface area contributed by atoms with Crippen LogP contribution >= 0.6 is 0 Å². The summed E-state index contributed by atoms with van der Waals surface area (Å²) in [4.78, 5) is 61.7. The summed E-state index contributed by atoms with van der Waals surface area (Å²) in [6.45, 7) is 4.04. The lowest BCUT2D eigenvalue weighted by molar-refractivity contribution is -0.149. The number of para-hydroxylation sites is 2. The SMILES string of the molecule is Cc1ccccc1C[C@@H]1NC(=O)[C@@H]2C[C@]3([C@]45C[C@H]6C(=O)N[C@@H](Cc7ccccc7C)C(=O)N6[C@H]4Nc4ccccc45)c4ccccc4N[C@@H]3N2C1=O. The summed E-state index contributed by atoms with van der Waals surface area (Å²) >= 11 is 0. The maximum absolute atomic E-state index is 14.8. The first-order chi connectivity index (χ1) is 25.2. The molecule has 6 heterocycles. The fourth-order valence-corrected chi connectivity index (χ4v) is 10.8. The molecule has 0 aliphatic carbocycles. The van der Waals surface area contributed by atoms with Crippen LogP contribution in [0.2, 0.25) is 0 Å². The molecule has 0 aromatic heterocycles. The molecule has 10 rings (SSSR count). The van der Waals surface area contributed by atoms with Crippen LogP contribution in [0.25, 0.3) is 0 Å². The predicted molar refractivity (Wildman–Crippen MR) is 195 cm³/mol. The standard InChI is InChI=1S/C42H40N6O4/c1-23-11-3-5-13-25(23)19-31-37(51)47-33(35(49)43-31)21-41(27-15-7-9-17-29(27)45-39(41)47)42-22-34-36(50)44-32(20-26-14-6-4-12-24(26)2)38(52)48(34)40(42)46-30-18-10-8-16-28(30)42/h3-18,31-34,39-40,45-46H,19-22H2,1-2H3,(H,43,49)(H,44,50)/t31-,32-,33-,34-,39+,40+,41-,42-/m0/s1. The molecule has 52 heavy (non-hydrogen) atoms. The average Bonchev–Trinajstić information content (AvgIpc) is 3.86. The number of hydrogen-bond donors (Lipinski definition) is 4. The lowest BCUT2D eigenvalue weighted by atomic mass is 9.54. The van der Waals surface area contributed by atoms with E-state index in [1.54, 1.807) is 9.80 Å². The lowest BCUT2D eigenvalue weighted by Gasteiger charge is -2.48. The summed E-state index contributed by atoms with van der Waals surface area (Å²) in [6.07, 6.45) is 0.268. The van der Waals surface area contributed by atoms with Gasteiger partial charge in [0.15, 0.2) is 0 Å². The van der Waals surface area contributed by atoms with Gasteiger partial charge in [-0.05, 0) is 72.2 Å². The van der Waals surface area contributed by atoms with Gasteiger partial charge in [0.2, 0.25) is 23.6 Å². The molecule has 0 unspecified atom stereocenters. The first-order valence-electron chi connectivity index (χ1n) is 18.3. The van der Waals surface area contributed by atoms with Crippen LogP contribution in [-0.2, 0) is 42.8 Å². The third-order valence-corrected chi connectivity index (χ3v) is 13.1. The number of benzene rings is 4. The fourth-order valence-electron chi connectivity index (χ4n) is 10.8. The molecule has 10 heteroatoms.